The van der Waals surface area contributed by atoms with E-state index in [0.717, 1.165) is 19.3 Å². The third-order valence-corrected chi connectivity index (χ3v) is 2.60. The fourth-order valence-corrected chi connectivity index (χ4v) is 1.66. The molecule has 1 atom stereocenters. The molecule has 0 heterocycles. The minimum atomic E-state index is -2.76. The molecule has 62 valence electrons. The lowest BCUT2D eigenvalue weighted by molar-refractivity contribution is 0.324. The number of rotatable bonds is 5. The second kappa shape index (κ2) is 5.81. The van der Waals surface area contributed by atoms with E-state index in [2.05, 4.69) is 6.92 Å². The quantitative estimate of drug-likeness (QED) is 0.436. The molecule has 0 saturated carbocycles. The molecule has 0 rings (SSSR count). The van der Waals surface area contributed by atoms with Gasteiger partial charge >= 0.3 is 4.36 Å². The van der Waals surface area contributed by atoms with E-state index in [0.29, 0.717) is 6.61 Å². The molecule has 0 spiro atoms. The van der Waals surface area contributed by atoms with Gasteiger partial charge in [-0.3, -0.25) is 4.57 Å². The highest BCUT2D eigenvalue weighted by molar-refractivity contribution is 14.2. The molecule has 0 aliphatic heterocycles. The zero-order valence-corrected chi connectivity index (χ0v) is 9.66. The van der Waals surface area contributed by atoms with Crippen molar-refractivity contribution in [3.8, 4) is 0 Å². The Balaban J connectivity index is 3.13. The Morgan fingerprint density at radius 3 is 2.60 bits per heavy atom. The van der Waals surface area contributed by atoms with Crippen molar-refractivity contribution in [2.45, 2.75) is 26.2 Å². The van der Waals surface area contributed by atoms with Gasteiger partial charge in [0, 0.05) is 22.0 Å². The molecule has 0 aromatic carbocycles. The normalized spacial score (nSPS) is 16.7. The van der Waals surface area contributed by atoms with Crippen LogP contribution in [0.2, 0.25) is 0 Å². The van der Waals surface area contributed by atoms with Crippen LogP contribution in [0.3, 0.4) is 0 Å². The molecule has 5 heteroatoms. The Labute approximate surface area is 79.4 Å². The molecule has 0 saturated heterocycles. The van der Waals surface area contributed by atoms with Crippen LogP contribution < -0.4 is 0 Å². The van der Waals surface area contributed by atoms with Gasteiger partial charge in [-0.2, -0.15) is 0 Å². The molecule has 0 aromatic heterocycles. The maximum Gasteiger partial charge on any atom is 0.347 e. The van der Waals surface area contributed by atoms with Crippen LogP contribution in [0.5, 0.6) is 0 Å². The molecule has 0 fully saturated rings. The zero-order chi connectivity index (χ0) is 8.04. The van der Waals surface area contributed by atoms with Crippen LogP contribution in [-0.4, -0.2) is 6.61 Å². The molecule has 0 bridgehead atoms. The van der Waals surface area contributed by atoms with Gasteiger partial charge in [0.2, 0.25) is 0 Å². The van der Waals surface area contributed by atoms with E-state index in [9.17, 15) is 4.57 Å². The van der Waals surface area contributed by atoms with Gasteiger partial charge in [0.25, 0.3) is 0 Å². The van der Waals surface area contributed by atoms with E-state index >= 15 is 0 Å². The summed E-state index contributed by atoms with van der Waals surface area (Å²) < 4.78 is 12.8. The first-order valence-electron chi connectivity index (χ1n) is 3.20. The van der Waals surface area contributed by atoms with Gasteiger partial charge in [0.05, 0.1) is 6.61 Å². The van der Waals surface area contributed by atoms with Gasteiger partial charge in [-0.1, -0.05) is 19.8 Å². The number of hydrogen-bond donors (Lipinski definition) is 0. The SMILES string of the molecule is CCCCCOP(=O)(Cl)I. The predicted octanol–water partition coefficient (Wildman–Crippen LogP) is 3.98. The summed E-state index contributed by atoms with van der Waals surface area (Å²) in [5.74, 6) is 0. The van der Waals surface area contributed by atoms with Crippen molar-refractivity contribution in [1.29, 1.82) is 0 Å². The smallest absolute Gasteiger partial charge is 0.310 e. The lowest BCUT2D eigenvalue weighted by Crippen LogP contribution is -1.85. The van der Waals surface area contributed by atoms with E-state index in [1.165, 1.54) is 0 Å². The summed E-state index contributed by atoms with van der Waals surface area (Å²) in [5.41, 5.74) is 0. The minimum Gasteiger partial charge on any atom is -0.310 e. The summed E-state index contributed by atoms with van der Waals surface area (Å²) in [5, 5.41) is 0. The summed E-state index contributed by atoms with van der Waals surface area (Å²) in [6.07, 6.45) is 3.18. The molecular weight excluding hydrogens is 285 g/mol. The summed E-state index contributed by atoms with van der Waals surface area (Å²) in [4.78, 5) is 0. The first-order valence-corrected chi connectivity index (χ1v) is 8.51. The average Bonchev–Trinajstić information content (AvgIpc) is 1.78. The molecule has 0 N–H and O–H groups in total. The van der Waals surface area contributed by atoms with Crippen molar-refractivity contribution < 1.29 is 9.09 Å². The fourth-order valence-electron chi connectivity index (χ4n) is 0.523. The first kappa shape index (κ1) is 11.2. The van der Waals surface area contributed by atoms with E-state index in [1.807, 2.05) is 0 Å². The van der Waals surface area contributed by atoms with Gasteiger partial charge in [-0.05, 0) is 17.7 Å². The minimum absolute atomic E-state index is 0.511. The second-order valence-electron chi connectivity index (χ2n) is 1.95. The summed E-state index contributed by atoms with van der Waals surface area (Å²) in [6.45, 7) is 2.61. The van der Waals surface area contributed by atoms with Gasteiger partial charge in [-0.25, -0.2) is 0 Å². The highest BCUT2D eigenvalue weighted by Crippen LogP contribution is 2.60. The second-order valence-corrected chi connectivity index (χ2v) is 9.90. The maximum atomic E-state index is 10.7. The Morgan fingerprint density at radius 1 is 1.60 bits per heavy atom. The summed E-state index contributed by atoms with van der Waals surface area (Å²) in [7, 11) is 0. The Bertz CT molecular complexity index is 125. The van der Waals surface area contributed by atoms with Crippen LogP contribution in [0.25, 0.3) is 0 Å². The van der Waals surface area contributed by atoms with Crippen LogP contribution in [-0.2, 0) is 9.09 Å². The third kappa shape index (κ3) is 9.21. The third-order valence-electron chi connectivity index (χ3n) is 0.989. The van der Waals surface area contributed by atoms with Gasteiger partial charge in [0.1, 0.15) is 0 Å². The molecule has 1 unspecified atom stereocenters. The van der Waals surface area contributed by atoms with Crippen LogP contribution in [0.1, 0.15) is 26.2 Å². The molecule has 0 aromatic rings. The molecular formula is C5H11ClIO2P. The Kier molecular flexibility index (Phi) is 6.51. The van der Waals surface area contributed by atoms with E-state index in [-0.39, 0.29) is 0 Å². The highest BCUT2D eigenvalue weighted by atomic mass is 127. The van der Waals surface area contributed by atoms with Crippen molar-refractivity contribution in [2.75, 3.05) is 6.61 Å². The van der Waals surface area contributed by atoms with Gasteiger partial charge in [0.15, 0.2) is 0 Å². The van der Waals surface area contributed by atoms with Crippen LogP contribution >= 0.6 is 37.6 Å². The van der Waals surface area contributed by atoms with E-state index < -0.39 is 4.36 Å². The lowest BCUT2D eigenvalue weighted by Gasteiger charge is -2.02. The van der Waals surface area contributed by atoms with Crippen molar-refractivity contribution in [1.82, 2.24) is 0 Å². The summed E-state index contributed by atoms with van der Waals surface area (Å²) >= 11 is 6.96. The van der Waals surface area contributed by atoms with Crippen LogP contribution in [0.4, 0.5) is 0 Å². The standard InChI is InChI=1S/C5H11ClIO2P/c1-2-3-4-5-9-10(6,7)8/h2-5H2,1H3. The molecule has 0 aliphatic carbocycles. The van der Waals surface area contributed by atoms with Crippen molar-refractivity contribution in [2.24, 2.45) is 0 Å². The first-order chi connectivity index (χ1) is 4.56. The Morgan fingerprint density at radius 2 is 2.20 bits per heavy atom. The topological polar surface area (TPSA) is 26.3 Å². The summed E-state index contributed by atoms with van der Waals surface area (Å²) in [6, 6.07) is 0. The van der Waals surface area contributed by atoms with Gasteiger partial charge in [-0.15, -0.1) is 0 Å². The Hall–Kier alpha value is 1.21. The molecule has 0 aliphatic rings. The van der Waals surface area contributed by atoms with Crippen LogP contribution in [0.15, 0.2) is 0 Å². The van der Waals surface area contributed by atoms with E-state index in [4.69, 9.17) is 15.8 Å². The molecule has 0 amide bonds. The van der Waals surface area contributed by atoms with Crippen molar-refractivity contribution in [3.05, 3.63) is 0 Å². The molecule has 2 nitrogen and oxygen atoms in total. The zero-order valence-electron chi connectivity index (χ0n) is 5.85. The van der Waals surface area contributed by atoms with Crippen molar-refractivity contribution in [3.63, 3.8) is 0 Å². The highest BCUT2D eigenvalue weighted by Gasteiger charge is 2.11. The maximum absolute atomic E-state index is 10.7. The number of hydrogen-bond acceptors (Lipinski definition) is 2. The largest absolute Gasteiger partial charge is 0.347 e. The number of unbranched alkanes of at least 4 members (excludes halogenated alkanes) is 2. The number of halogens is 2. The molecule has 0 radical (unpaired) electrons. The average molecular weight is 296 g/mol. The predicted molar refractivity (Wildman–Crippen MR) is 53.0 cm³/mol. The monoisotopic (exact) mass is 296 g/mol. The van der Waals surface area contributed by atoms with Crippen LogP contribution in [0, 0.1) is 0 Å². The lowest BCUT2D eigenvalue weighted by atomic mass is 10.3. The molecule has 10 heavy (non-hydrogen) atoms. The van der Waals surface area contributed by atoms with Crippen molar-refractivity contribution >= 4 is 37.6 Å². The van der Waals surface area contributed by atoms with E-state index in [1.54, 1.807) is 22.0 Å². The van der Waals surface area contributed by atoms with Gasteiger partial charge < -0.3 is 4.52 Å². The fraction of sp³-hybridized carbons (Fsp3) is 1.00.